The fourth-order valence-corrected chi connectivity index (χ4v) is 3.58. The Bertz CT molecular complexity index is 442. The van der Waals surface area contributed by atoms with Crippen LogP contribution in [0.4, 0.5) is 0 Å². The molecule has 0 aromatic heterocycles. The summed E-state index contributed by atoms with van der Waals surface area (Å²) < 4.78 is 4.97. The lowest BCUT2D eigenvalue weighted by Crippen LogP contribution is -2.46. The summed E-state index contributed by atoms with van der Waals surface area (Å²) in [5, 5.41) is 0. The van der Waals surface area contributed by atoms with E-state index in [-0.39, 0.29) is 11.9 Å². The summed E-state index contributed by atoms with van der Waals surface area (Å²) in [6, 6.07) is 0. The van der Waals surface area contributed by atoms with Crippen LogP contribution in [0.5, 0.6) is 0 Å². The van der Waals surface area contributed by atoms with Crippen molar-refractivity contribution in [1.29, 1.82) is 0 Å². The Morgan fingerprint density at radius 3 is 1.76 bits per heavy atom. The van der Waals surface area contributed by atoms with Gasteiger partial charge in [-0.05, 0) is 26.7 Å². The molecule has 2 atom stereocenters. The van der Waals surface area contributed by atoms with Gasteiger partial charge in [-0.25, -0.2) is 0 Å². The molecule has 0 spiro atoms. The zero-order valence-corrected chi connectivity index (χ0v) is 10.2. The van der Waals surface area contributed by atoms with Gasteiger partial charge < -0.3 is 4.74 Å². The summed E-state index contributed by atoms with van der Waals surface area (Å²) >= 11 is 0. The second-order valence-corrected chi connectivity index (χ2v) is 5.48. The molecule has 1 aliphatic heterocycles. The van der Waals surface area contributed by atoms with Crippen LogP contribution in [0.1, 0.15) is 39.5 Å². The van der Waals surface area contributed by atoms with Crippen molar-refractivity contribution in [1.82, 2.24) is 0 Å². The van der Waals surface area contributed by atoms with E-state index in [1.54, 1.807) is 0 Å². The van der Waals surface area contributed by atoms with Crippen LogP contribution in [-0.2, 0) is 14.3 Å². The molecule has 0 aromatic carbocycles. The molecule has 90 valence electrons. The van der Waals surface area contributed by atoms with Gasteiger partial charge >= 0.3 is 11.9 Å². The maximum Gasteiger partial charge on any atom is 0.325 e. The number of cyclic esters (lactones) is 2. The molecule has 17 heavy (non-hydrogen) atoms. The Kier molecular flexibility index (Phi) is 1.96. The molecule has 2 fully saturated rings. The van der Waals surface area contributed by atoms with E-state index in [0.29, 0.717) is 0 Å². The van der Waals surface area contributed by atoms with Gasteiger partial charge in [0.2, 0.25) is 0 Å². The van der Waals surface area contributed by atoms with Gasteiger partial charge in [0, 0.05) is 0 Å². The number of carbonyl (C=O) groups is 2. The lowest BCUT2D eigenvalue weighted by Gasteiger charge is -2.43. The number of hydrogen-bond acceptors (Lipinski definition) is 3. The highest BCUT2D eigenvalue weighted by Crippen LogP contribution is 2.60. The van der Waals surface area contributed by atoms with Crippen molar-refractivity contribution in [3.8, 4) is 0 Å². The minimum absolute atomic E-state index is 0.342. The van der Waals surface area contributed by atoms with Crippen LogP contribution in [0.15, 0.2) is 23.3 Å². The lowest BCUT2D eigenvalue weighted by atomic mass is 9.54. The molecule has 3 rings (SSSR count). The maximum absolute atomic E-state index is 12.1. The van der Waals surface area contributed by atoms with Crippen molar-refractivity contribution in [3.63, 3.8) is 0 Å². The second kappa shape index (κ2) is 3.09. The van der Waals surface area contributed by atoms with Crippen molar-refractivity contribution in [3.05, 3.63) is 23.3 Å². The summed E-state index contributed by atoms with van der Waals surface area (Å²) in [7, 11) is 0. The quantitative estimate of drug-likeness (QED) is 0.476. The Morgan fingerprint density at radius 2 is 1.35 bits per heavy atom. The first-order valence-electron chi connectivity index (χ1n) is 6.18. The van der Waals surface area contributed by atoms with Crippen molar-refractivity contribution in [2.45, 2.75) is 39.5 Å². The number of carbonyl (C=O) groups excluding carboxylic acids is 2. The first-order valence-corrected chi connectivity index (χ1v) is 6.18. The third-order valence-corrected chi connectivity index (χ3v) is 4.65. The normalized spacial score (nSPS) is 40.1. The van der Waals surface area contributed by atoms with Crippen LogP contribution in [0.25, 0.3) is 0 Å². The first kappa shape index (κ1) is 10.8. The van der Waals surface area contributed by atoms with E-state index in [2.05, 4.69) is 0 Å². The molecule has 1 saturated heterocycles. The smallest absolute Gasteiger partial charge is 0.325 e. The molecular weight excluding hydrogens is 216 g/mol. The maximum atomic E-state index is 12.1. The summed E-state index contributed by atoms with van der Waals surface area (Å²) in [5.41, 5.74) is 0.779. The minimum Gasteiger partial charge on any atom is -0.392 e. The molecule has 0 aromatic rings. The SMILES string of the molecule is CC1=C[C@]23CCCC[C@]2(C=C1C)C(=O)OC3=O. The molecule has 0 amide bonds. The summed E-state index contributed by atoms with van der Waals surface area (Å²) in [6.07, 6.45) is 7.41. The van der Waals surface area contributed by atoms with E-state index in [0.717, 1.165) is 36.8 Å². The molecule has 1 heterocycles. The van der Waals surface area contributed by atoms with Crippen LogP contribution >= 0.6 is 0 Å². The molecule has 0 bridgehead atoms. The van der Waals surface area contributed by atoms with Gasteiger partial charge in [-0.3, -0.25) is 9.59 Å². The first-order chi connectivity index (χ1) is 8.02. The predicted octanol–water partition coefficient (Wildman–Crippen LogP) is 2.52. The molecule has 0 radical (unpaired) electrons. The third kappa shape index (κ3) is 1.07. The van der Waals surface area contributed by atoms with Crippen molar-refractivity contribution in [2.24, 2.45) is 10.8 Å². The number of hydrogen-bond donors (Lipinski definition) is 0. The highest BCUT2D eigenvalue weighted by molar-refractivity contribution is 6.05. The van der Waals surface area contributed by atoms with E-state index in [1.807, 2.05) is 26.0 Å². The van der Waals surface area contributed by atoms with Crippen molar-refractivity contribution < 1.29 is 14.3 Å². The van der Waals surface area contributed by atoms with Gasteiger partial charge in [-0.15, -0.1) is 0 Å². The molecule has 1 saturated carbocycles. The van der Waals surface area contributed by atoms with E-state index < -0.39 is 10.8 Å². The molecule has 0 unspecified atom stereocenters. The molecule has 3 heteroatoms. The standard InChI is InChI=1S/C14H16O3/c1-9-7-13-5-3-4-6-14(13,8-10(9)2)12(16)17-11(13)15/h7-8H,3-6H2,1-2H3/t13-,14-/m0/s1. The van der Waals surface area contributed by atoms with Crippen LogP contribution in [0.2, 0.25) is 0 Å². The molecule has 3 aliphatic rings. The van der Waals surface area contributed by atoms with Crippen LogP contribution in [0, 0.1) is 10.8 Å². The highest BCUT2D eigenvalue weighted by atomic mass is 16.6. The lowest BCUT2D eigenvalue weighted by molar-refractivity contribution is -0.155. The molecule has 3 nitrogen and oxygen atoms in total. The third-order valence-electron chi connectivity index (χ3n) is 4.65. The van der Waals surface area contributed by atoms with Crippen LogP contribution in [-0.4, -0.2) is 11.9 Å². The van der Waals surface area contributed by atoms with Crippen molar-refractivity contribution >= 4 is 11.9 Å². The Balaban J connectivity index is 2.26. The van der Waals surface area contributed by atoms with Gasteiger partial charge in [-0.2, -0.15) is 0 Å². The highest BCUT2D eigenvalue weighted by Gasteiger charge is 2.67. The predicted molar refractivity (Wildman–Crippen MR) is 61.9 cm³/mol. The Morgan fingerprint density at radius 1 is 0.941 bits per heavy atom. The topological polar surface area (TPSA) is 43.4 Å². The number of esters is 2. The zero-order valence-electron chi connectivity index (χ0n) is 10.2. The fourth-order valence-electron chi connectivity index (χ4n) is 3.58. The molecule has 0 N–H and O–H groups in total. The number of rotatable bonds is 0. The summed E-state index contributed by atoms with van der Waals surface area (Å²) in [6.45, 7) is 3.99. The largest absolute Gasteiger partial charge is 0.392 e. The average molecular weight is 232 g/mol. The second-order valence-electron chi connectivity index (χ2n) is 5.48. The summed E-state index contributed by atoms with van der Waals surface area (Å²) in [4.78, 5) is 24.2. The van der Waals surface area contributed by atoms with E-state index in [9.17, 15) is 9.59 Å². The number of allylic oxidation sites excluding steroid dienone is 2. The monoisotopic (exact) mass is 232 g/mol. The zero-order chi connectivity index (χ0) is 12.3. The van der Waals surface area contributed by atoms with Gasteiger partial charge in [0.15, 0.2) is 0 Å². The van der Waals surface area contributed by atoms with Crippen molar-refractivity contribution in [2.75, 3.05) is 0 Å². The van der Waals surface area contributed by atoms with Crippen LogP contribution < -0.4 is 0 Å². The Labute approximate surface area is 101 Å². The van der Waals surface area contributed by atoms with Gasteiger partial charge in [-0.1, -0.05) is 36.1 Å². The fraction of sp³-hybridized carbons (Fsp3) is 0.571. The van der Waals surface area contributed by atoms with E-state index in [4.69, 9.17) is 4.74 Å². The van der Waals surface area contributed by atoms with Gasteiger partial charge in [0.05, 0.1) is 0 Å². The molecular formula is C14H16O3. The Hall–Kier alpha value is -1.38. The van der Waals surface area contributed by atoms with Crippen LogP contribution in [0.3, 0.4) is 0 Å². The number of ether oxygens (including phenoxy) is 1. The minimum atomic E-state index is -0.702. The van der Waals surface area contributed by atoms with Gasteiger partial charge in [0.25, 0.3) is 0 Å². The van der Waals surface area contributed by atoms with E-state index in [1.165, 1.54) is 0 Å². The van der Waals surface area contributed by atoms with E-state index >= 15 is 0 Å². The summed E-state index contributed by atoms with van der Waals surface area (Å²) in [5.74, 6) is -0.685. The molecule has 2 aliphatic carbocycles. The average Bonchev–Trinajstić information content (AvgIpc) is 2.50. The van der Waals surface area contributed by atoms with Gasteiger partial charge in [0.1, 0.15) is 10.8 Å².